The number of hydrogen-bond acceptors (Lipinski definition) is 8. The number of benzene rings is 2. The first-order chi connectivity index (χ1) is 24.6. The summed E-state index contributed by atoms with van der Waals surface area (Å²) in [7, 11) is 1.18. The van der Waals surface area contributed by atoms with E-state index in [0.717, 1.165) is 28.1 Å². The van der Waals surface area contributed by atoms with Gasteiger partial charge in [-0.2, -0.15) is 18.2 Å². The van der Waals surface area contributed by atoms with Gasteiger partial charge in [0.1, 0.15) is 23.9 Å². The van der Waals surface area contributed by atoms with Gasteiger partial charge in [0, 0.05) is 18.5 Å². The molecule has 52 heavy (non-hydrogen) atoms. The lowest BCUT2D eigenvalue weighted by atomic mass is 9.56. The SMILES string of the molecule is CN(c1nc(C(F)(F)F)ccc1Cl)N1C(=O)[C@H]2[C@H](CC=C3[C@H]2C[C@@]2(Cl)C(=O)N(c4ccc(F)cc4)C(=O)[C@@]2(Cl)[C@H]3c2ccccc2OCCO)C1=O. The Hall–Kier alpha value is -4.24. The second-order valence-corrected chi connectivity index (χ2v) is 14.5. The van der Waals surface area contributed by atoms with Crippen LogP contribution in [0.25, 0.3) is 0 Å². The monoisotopic (exact) mass is 780 g/mol. The van der Waals surface area contributed by atoms with Crippen molar-refractivity contribution in [1.29, 1.82) is 0 Å². The Kier molecular flexibility index (Phi) is 8.83. The predicted molar refractivity (Wildman–Crippen MR) is 180 cm³/mol. The average Bonchev–Trinajstić information content (AvgIpc) is 3.45. The van der Waals surface area contributed by atoms with Gasteiger partial charge in [-0.3, -0.25) is 24.2 Å². The summed E-state index contributed by atoms with van der Waals surface area (Å²) in [5.74, 6) is -8.83. The zero-order valence-corrected chi connectivity index (χ0v) is 29.2. The van der Waals surface area contributed by atoms with Crippen LogP contribution >= 0.6 is 34.8 Å². The van der Waals surface area contributed by atoms with Gasteiger partial charge in [-0.1, -0.05) is 41.4 Å². The molecule has 1 N–H and O–H groups in total. The molecule has 3 heterocycles. The number of para-hydroxylation sites is 1. The number of carbonyl (C=O) groups is 4. The molecule has 0 radical (unpaired) electrons. The third-order valence-electron chi connectivity index (χ3n) is 10.2. The van der Waals surface area contributed by atoms with E-state index in [1.54, 1.807) is 30.3 Å². The molecule has 3 aromatic rings. The van der Waals surface area contributed by atoms with Gasteiger partial charge in [-0.05, 0) is 61.2 Å². The summed E-state index contributed by atoms with van der Waals surface area (Å²) in [4.78, 5) is 57.3. The molecule has 4 amide bonds. The number of ether oxygens (including phenoxy) is 1. The maximum Gasteiger partial charge on any atom is 0.433 e. The van der Waals surface area contributed by atoms with Gasteiger partial charge in [-0.25, -0.2) is 14.3 Å². The van der Waals surface area contributed by atoms with Crippen molar-refractivity contribution < 1.29 is 46.6 Å². The number of amides is 4. The quantitative estimate of drug-likeness (QED) is 0.137. The maximum atomic E-state index is 14.6. The number of hydrazine groups is 1. The Bertz CT molecular complexity index is 2050. The number of halogens is 7. The average molecular weight is 782 g/mol. The van der Waals surface area contributed by atoms with Gasteiger partial charge in [0.05, 0.1) is 29.2 Å². The van der Waals surface area contributed by atoms with Crippen LogP contribution in [0.4, 0.5) is 29.1 Å². The molecule has 6 atom stereocenters. The van der Waals surface area contributed by atoms with E-state index in [0.29, 0.717) is 22.2 Å². The summed E-state index contributed by atoms with van der Waals surface area (Å²) < 4.78 is 60.5. The summed E-state index contributed by atoms with van der Waals surface area (Å²) in [5.41, 5.74) is -0.586. The maximum absolute atomic E-state index is 14.6. The molecule has 10 nitrogen and oxygen atoms in total. The van der Waals surface area contributed by atoms with Crippen LogP contribution in [0.5, 0.6) is 5.75 Å². The Morgan fingerprint density at radius 1 is 0.981 bits per heavy atom. The van der Waals surface area contributed by atoms with Crippen LogP contribution in [0.3, 0.4) is 0 Å². The highest BCUT2D eigenvalue weighted by molar-refractivity contribution is 6.58. The molecule has 0 unspecified atom stereocenters. The first-order valence-electron chi connectivity index (χ1n) is 16.0. The van der Waals surface area contributed by atoms with E-state index in [1.165, 1.54) is 19.2 Å². The molecule has 2 aliphatic heterocycles. The summed E-state index contributed by atoms with van der Waals surface area (Å²) in [6.07, 6.45) is -3.63. The number of carbonyl (C=O) groups excluding carboxylic acids is 4. The van der Waals surface area contributed by atoms with Crippen LogP contribution in [0, 0.1) is 23.6 Å². The normalized spacial score (nSPS) is 28.4. The second-order valence-electron chi connectivity index (χ2n) is 12.9. The number of aromatic nitrogens is 1. The topological polar surface area (TPSA) is 120 Å². The number of alkyl halides is 5. The van der Waals surface area contributed by atoms with Crippen molar-refractivity contribution in [1.82, 2.24) is 9.99 Å². The summed E-state index contributed by atoms with van der Waals surface area (Å²) in [6, 6.07) is 12.6. The Morgan fingerprint density at radius 2 is 1.67 bits per heavy atom. The number of aliphatic hydroxyl groups excluding tert-OH is 1. The number of rotatable bonds is 7. The van der Waals surface area contributed by atoms with Crippen molar-refractivity contribution in [3.63, 3.8) is 0 Å². The number of pyridine rings is 1. The van der Waals surface area contributed by atoms with E-state index in [-0.39, 0.29) is 36.1 Å². The number of fused-ring (bicyclic) bond motifs is 4. The molecule has 0 spiro atoms. The van der Waals surface area contributed by atoms with Crippen molar-refractivity contribution in [3.8, 4) is 5.75 Å². The van der Waals surface area contributed by atoms with Gasteiger partial charge in [-0.15, -0.1) is 23.2 Å². The third kappa shape index (κ3) is 5.20. The number of hydrogen-bond donors (Lipinski definition) is 1. The van der Waals surface area contributed by atoms with Crippen LogP contribution in [0.15, 0.2) is 72.3 Å². The third-order valence-corrected chi connectivity index (χ3v) is 11.9. The molecule has 272 valence electrons. The van der Waals surface area contributed by atoms with E-state index in [9.17, 15) is 41.8 Å². The van der Waals surface area contributed by atoms with Crippen molar-refractivity contribution in [2.24, 2.45) is 17.8 Å². The molecule has 2 saturated heterocycles. The highest BCUT2D eigenvalue weighted by Crippen LogP contribution is 2.66. The molecule has 2 aromatic carbocycles. The van der Waals surface area contributed by atoms with Crippen LogP contribution in [-0.4, -0.2) is 68.7 Å². The highest BCUT2D eigenvalue weighted by Gasteiger charge is 2.77. The largest absolute Gasteiger partial charge is 0.491 e. The molecular weight excluding hydrogens is 755 g/mol. The van der Waals surface area contributed by atoms with Gasteiger partial charge >= 0.3 is 6.18 Å². The van der Waals surface area contributed by atoms with Crippen LogP contribution in [0.2, 0.25) is 5.02 Å². The Morgan fingerprint density at radius 3 is 2.35 bits per heavy atom. The van der Waals surface area contributed by atoms with Gasteiger partial charge in [0.2, 0.25) is 0 Å². The standard InChI is InChI=1S/C35H27Cl3F4N4O6/c1-44(28-23(36)12-13-25(43-28)35(40,41)42)46-29(48)21-11-10-19-22(26(21)30(46)49)16-33(37)31(50)45(18-8-6-17(39)7-9-18)32(51)34(33,38)27(19)20-4-2-3-5-24(20)52-15-14-47/h2-10,12-13,21-22,26-27,47H,11,14-16H2,1H3/t21-,22+,26-,27+,33+,34-/m0/s1. The van der Waals surface area contributed by atoms with Crippen molar-refractivity contribution in [2.45, 2.75) is 34.7 Å². The molecule has 7 rings (SSSR count). The molecule has 1 saturated carbocycles. The van der Waals surface area contributed by atoms with Crippen LogP contribution in [-0.2, 0) is 25.4 Å². The first kappa shape index (κ1) is 36.1. The lowest BCUT2D eigenvalue weighted by Gasteiger charge is -2.50. The lowest BCUT2D eigenvalue weighted by molar-refractivity contribution is -0.141. The van der Waals surface area contributed by atoms with Gasteiger partial charge < -0.3 is 9.84 Å². The fourth-order valence-corrected chi connectivity index (χ4v) is 9.09. The molecular formula is C35H27Cl3F4N4O6. The van der Waals surface area contributed by atoms with Crippen LogP contribution in [0.1, 0.15) is 30.0 Å². The number of imide groups is 2. The summed E-state index contributed by atoms with van der Waals surface area (Å²) in [5, 5.41) is 10.8. The molecule has 0 bridgehead atoms. The second kappa shape index (κ2) is 12.7. The summed E-state index contributed by atoms with van der Waals surface area (Å²) in [6.45, 7) is -0.507. The predicted octanol–water partition coefficient (Wildman–Crippen LogP) is 5.88. The van der Waals surface area contributed by atoms with E-state index in [1.807, 2.05) is 0 Å². The van der Waals surface area contributed by atoms with Crippen molar-refractivity contribution in [3.05, 3.63) is 94.4 Å². The van der Waals surface area contributed by atoms with E-state index in [2.05, 4.69) is 4.98 Å². The minimum Gasteiger partial charge on any atom is -0.491 e. The van der Waals surface area contributed by atoms with Crippen LogP contribution < -0.4 is 14.6 Å². The van der Waals surface area contributed by atoms with Crippen molar-refractivity contribution in [2.75, 3.05) is 30.2 Å². The Balaban J connectivity index is 1.36. The van der Waals surface area contributed by atoms with E-state index >= 15 is 0 Å². The molecule has 1 aromatic heterocycles. The lowest BCUT2D eigenvalue weighted by Crippen LogP contribution is -2.60. The number of anilines is 2. The zero-order chi connectivity index (χ0) is 37.5. The molecule has 4 aliphatic rings. The van der Waals surface area contributed by atoms with Gasteiger partial charge in [0.15, 0.2) is 15.6 Å². The van der Waals surface area contributed by atoms with E-state index < -0.39 is 87.0 Å². The summed E-state index contributed by atoms with van der Waals surface area (Å²) >= 11 is 21.0. The first-order valence-corrected chi connectivity index (χ1v) is 17.1. The molecule has 17 heteroatoms. The molecule has 2 aliphatic carbocycles. The zero-order valence-electron chi connectivity index (χ0n) is 26.9. The fourth-order valence-electron chi connectivity index (χ4n) is 7.94. The van der Waals surface area contributed by atoms with Crippen molar-refractivity contribution >= 4 is 69.9 Å². The highest BCUT2D eigenvalue weighted by atomic mass is 35.5. The number of allylic oxidation sites excluding steroid dienone is 2. The minimum atomic E-state index is -4.85. The number of nitrogens with zero attached hydrogens (tertiary/aromatic N) is 4. The number of aliphatic hydroxyl groups is 1. The fraction of sp³-hybridized carbons (Fsp3) is 0.343. The minimum absolute atomic E-state index is 0.00497. The molecule has 3 fully saturated rings. The van der Waals surface area contributed by atoms with E-state index in [4.69, 9.17) is 39.5 Å². The van der Waals surface area contributed by atoms with Gasteiger partial charge in [0.25, 0.3) is 23.6 Å². The smallest absolute Gasteiger partial charge is 0.433 e. The Labute approximate surface area is 308 Å².